The number of hydrogen-bond acceptors (Lipinski definition) is 4. The topological polar surface area (TPSA) is 91.2 Å². The summed E-state index contributed by atoms with van der Waals surface area (Å²) in [5, 5.41) is 0. The summed E-state index contributed by atoms with van der Waals surface area (Å²) in [5.74, 6) is -0.584. The molecule has 0 saturated heterocycles. The first-order valence-electron chi connectivity index (χ1n) is 5.68. The summed E-state index contributed by atoms with van der Waals surface area (Å²) < 4.78 is 43.0. The highest BCUT2D eigenvalue weighted by atomic mass is 19.4. The van der Waals surface area contributed by atoms with Crippen LogP contribution < -0.4 is 16.2 Å². The van der Waals surface area contributed by atoms with Crippen LogP contribution in [0.2, 0.25) is 0 Å². The molecular weight excluding hydrogens is 287 g/mol. The van der Waals surface area contributed by atoms with E-state index in [1.54, 1.807) is 0 Å². The smallest absolute Gasteiger partial charge is 0.433 e. The molecule has 0 saturated carbocycles. The zero-order chi connectivity index (χ0) is 15.6. The first-order valence-corrected chi connectivity index (χ1v) is 5.68. The quantitative estimate of drug-likeness (QED) is 0.910. The minimum Gasteiger partial charge on any atom is -0.455 e. The van der Waals surface area contributed by atoms with E-state index in [4.69, 9.17) is 16.2 Å². The third-order valence-electron chi connectivity index (χ3n) is 2.55. The average Bonchev–Trinajstić information content (AvgIpc) is 2.40. The molecule has 0 spiro atoms. The number of nitrogens with zero attached hydrogens (tertiary/aromatic N) is 1. The van der Waals surface area contributed by atoms with E-state index in [2.05, 4.69) is 4.98 Å². The molecular formula is C13H10F3N3O2. The normalized spacial score (nSPS) is 11.2. The van der Waals surface area contributed by atoms with Gasteiger partial charge in [-0.25, -0.2) is 4.98 Å². The number of hydrogen-bond donors (Lipinski definition) is 2. The van der Waals surface area contributed by atoms with Crippen LogP contribution in [-0.2, 0) is 6.18 Å². The van der Waals surface area contributed by atoms with Gasteiger partial charge in [-0.15, -0.1) is 0 Å². The minimum absolute atomic E-state index is 0.0398. The first kappa shape index (κ1) is 14.6. The molecule has 0 aliphatic carbocycles. The van der Waals surface area contributed by atoms with Gasteiger partial charge in [0, 0.05) is 11.6 Å². The van der Waals surface area contributed by atoms with E-state index >= 15 is 0 Å². The SMILES string of the molecule is NC(=O)c1ccc(Oc2cc(C(F)(F)F)ncc2N)cc1. The van der Waals surface area contributed by atoms with Gasteiger partial charge in [-0.3, -0.25) is 4.79 Å². The Morgan fingerprint density at radius 2 is 1.81 bits per heavy atom. The molecule has 4 N–H and O–H groups in total. The summed E-state index contributed by atoms with van der Waals surface area (Å²) in [4.78, 5) is 14.1. The first-order chi connectivity index (χ1) is 9.77. The van der Waals surface area contributed by atoms with Crippen LogP contribution in [0.4, 0.5) is 18.9 Å². The van der Waals surface area contributed by atoms with Gasteiger partial charge in [0.2, 0.25) is 5.91 Å². The number of primary amides is 1. The molecule has 2 rings (SSSR count). The number of anilines is 1. The zero-order valence-electron chi connectivity index (χ0n) is 10.5. The average molecular weight is 297 g/mol. The number of halogens is 3. The fourth-order valence-corrected chi connectivity index (χ4v) is 1.51. The van der Waals surface area contributed by atoms with Crippen molar-refractivity contribution in [1.29, 1.82) is 0 Å². The lowest BCUT2D eigenvalue weighted by atomic mass is 10.2. The maximum absolute atomic E-state index is 12.6. The summed E-state index contributed by atoms with van der Waals surface area (Å²) in [6.45, 7) is 0. The number of rotatable bonds is 3. The highest BCUT2D eigenvalue weighted by molar-refractivity contribution is 5.92. The molecule has 1 aromatic carbocycles. The number of nitrogen functional groups attached to an aromatic ring is 1. The largest absolute Gasteiger partial charge is 0.455 e. The number of amides is 1. The minimum atomic E-state index is -4.60. The number of alkyl halides is 3. The molecule has 0 fully saturated rings. The van der Waals surface area contributed by atoms with E-state index < -0.39 is 17.8 Å². The predicted octanol–water partition coefficient (Wildman–Crippen LogP) is 2.57. The van der Waals surface area contributed by atoms with E-state index in [1.807, 2.05) is 0 Å². The van der Waals surface area contributed by atoms with Gasteiger partial charge in [0.05, 0.1) is 11.9 Å². The van der Waals surface area contributed by atoms with E-state index in [-0.39, 0.29) is 22.7 Å². The number of ether oxygens (including phenoxy) is 1. The molecule has 2 aromatic rings. The van der Waals surface area contributed by atoms with Crippen molar-refractivity contribution in [3.05, 3.63) is 47.8 Å². The maximum Gasteiger partial charge on any atom is 0.433 e. The van der Waals surface area contributed by atoms with E-state index in [0.29, 0.717) is 6.07 Å². The van der Waals surface area contributed by atoms with Gasteiger partial charge in [-0.05, 0) is 24.3 Å². The Bertz CT molecular complexity index is 669. The van der Waals surface area contributed by atoms with Crippen LogP contribution in [0, 0.1) is 0 Å². The van der Waals surface area contributed by atoms with Gasteiger partial charge in [0.1, 0.15) is 11.4 Å². The van der Waals surface area contributed by atoms with Crippen LogP contribution in [-0.4, -0.2) is 10.9 Å². The predicted molar refractivity (Wildman–Crippen MR) is 68.7 cm³/mol. The summed E-state index contributed by atoms with van der Waals surface area (Å²) >= 11 is 0. The molecule has 1 aromatic heterocycles. The number of nitrogens with two attached hydrogens (primary N) is 2. The molecule has 0 bridgehead atoms. The molecule has 21 heavy (non-hydrogen) atoms. The van der Waals surface area contributed by atoms with E-state index in [1.165, 1.54) is 24.3 Å². The van der Waals surface area contributed by atoms with Crippen molar-refractivity contribution in [3.8, 4) is 11.5 Å². The molecule has 0 atom stereocenters. The van der Waals surface area contributed by atoms with Crippen LogP contribution in [0.1, 0.15) is 16.1 Å². The summed E-state index contributed by atoms with van der Waals surface area (Å²) in [5.41, 5.74) is 9.71. The highest BCUT2D eigenvalue weighted by Gasteiger charge is 2.33. The molecule has 5 nitrogen and oxygen atoms in total. The Morgan fingerprint density at radius 1 is 1.19 bits per heavy atom. The third-order valence-corrected chi connectivity index (χ3v) is 2.55. The lowest BCUT2D eigenvalue weighted by Gasteiger charge is -2.11. The van der Waals surface area contributed by atoms with Gasteiger partial charge in [-0.1, -0.05) is 0 Å². The Kier molecular flexibility index (Phi) is 3.70. The number of benzene rings is 1. The van der Waals surface area contributed by atoms with Gasteiger partial charge in [-0.2, -0.15) is 13.2 Å². The van der Waals surface area contributed by atoms with Gasteiger partial charge < -0.3 is 16.2 Å². The van der Waals surface area contributed by atoms with Crippen LogP contribution in [0.3, 0.4) is 0 Å². The van der Waals surface area contributed by atoms with Gasteiger partial charge in [0.15, 0.2) is 5.75 Å². The molecule has 1 heterocycles. The van der Waals surface area contributed by atoms with Crippen molar-refractivity contribution in [1.82, 2.24) is 4.98 Å². The van der Waals surface area contributed by atoms with Crippen molar-refractivity contribution in [2.24, 2.45) is 5.73 Å². The van der Waals surface area contributed by atoms with Crippen LogP contribution >= 0.6 is 0 Å². The van der Waals surface area contributed by atoms with Gasteiger partial charge >= 0.3 is 6.18 Å². The number of aromatic nitrogens is 1. The second kappa shape index (κ2) is 5.31. The zero-order valence-corrected chi connectivity index (χ0v) is 10.5. The lowest BCUT2D eigenvalue weighted by Crippen LogP contribution is -2.10. The Morgan fingerprint density at radius 3 is 2.33 bits per heavy atom. The monoisotopic (exact) mass is 297 g/mol. The highest BCUT2D eigenvalue weighted by Crippen LogP contribution is 2.34. The van der Waals surface area contributed by atoms with Crippen LogP contribution in [0.5, 0.6) is 11.5 Å². The van der Waals surface area contributed by atoms with E-state index in [0.717, 1.165) is 6.20 Å². The third kappa shape index (κ3) is 3.41. The van der Waals surface area contributed by atoms with Gasteiger partial charge in [0.25, 0.3) is 0 Å². The van der Waals surface area contributed by atoms with Crippen molar-refractivity contribution < 1.29 is 22.7 Å². The van der Waals surface area contributed by atoms with Crippen molar-refractivity contribution in [2.45, 2.75) is 6.18 Å². The Balaban J connectivity index is 2.28. The van der Waals surface area contributed by atoms with E-state index in [9.17, 15) is 18.0 Å². The Labute approximate surface area is 117 Å². The molecule has 0 radical (unpaired) electrons. The van der Waals surface area contributed by atoms with Crippen molar-refractivity contribution >= 4 is 11.6 Å². The standard InChI is InChI=1S/C13H10F3N3O2/c14-13(15,16)11-5-10(9(17)6-19-11)21-8-3-1-7(2-4-8)12(18)20/h1-6H,17H2,(H2,18,20). The molecule has 1 amide bonds. The van der Waals surface area contributed by atoms with Crippen molar-refractivity contribution in [3.63, 3.8) is 0 Å². The number of carbonyl (C=O) groups is 1. The summed E-state index contributed by atoms with van der Waals surface area (Å²) in [7, 11) is 0. The molecule has 0 aliphatic heterocycles. The fraction of sp³-hybridized carbons (Fsp3) is 0.0769. The Hall–Kier alpha value is -2.77. The molecule has 0 aliphatic rings. The summed E-state index contributed by atoms with van der Waals surface area (Å²) in [6.07, 6.45) is -3.72. The second-order valence-corrected chi connectivity index (χ2v) is 4.10. The maximum atomic E-state index is 12.6. The second-order valence-electron chi connectivity index (χ2n) is 4.10. The molecule has 110 valence electrons. The van der Waals surface area contributed by atoms with Crippen molar-refractivity contribution in [2.75, 3.05) is 5.73 Å². The fourth-order valence-electron chi connectivity index (χ4n) is 1.51. The van der Waals surface area contributed by atoms with Crippen LogP contribution in [0.15, 0.2) is 36.5 Å². The number of pyridine rings is 1. The van der Waals surface area contributed by atoms with Crippen LogP contribution in [0.25, 0.3) is 0 Å². The molecule has 0 unspecified atom stereocenters. The summed E-state index contributed by atoms with van der Waals surface area (Å²) in [6, 6.07) is 6.28. The molecule has 8 heteroatoms. The number of carbonyl (C=O) groups excluding carboxylic acids is 1. The lowest BCUT2D eigenvalue weighted by molar-refractivity contribution is -0.141.